The highest BCUT2D eigenvalue weighted by Crippen LogP contribution is 1.96. The molecule has 0 aromatic heterocycles. The summed E-state index contributed by atoms with van der Waals surface area (Å²) in [5.41, 5.74) is 0.383. The molecule has 0 bridgehead atoms. The van der Waals surface area contributed by atoms with Gasteiger partial charge in [-0.2, -0.15) is 0 Å². The fourth-order valence-corrected chi connectivity index (χ4v) is 0.958. The summed E-state index contributed by atoms with van der Waals surface area (Å²) in [4.78, 5) is 11.0. The maximum Gasteiger partial charge on any atom is 0.333 e. The third-order valence-electron chi connectivity index (χ3n) is 1.84. The molecule has 0 aliphatic heterocycles. The molecule has 0 aliphatic carbocycles. The van der Waals surface area contributed by atoms with E-state index in [-0.39, 0.29) is 6.61 Å². The molecule has 0 radical (unpaired) electrons. The summed E-state index contributed by atoms with van der Waals surface area (Å²) in [5.74, 6) is -0.399. The minimum Gasteiger partial charge on any atom is -0.462 e. The van der Waals surface area contributed by atoms with E-state index in [4.69, 9.17) is 4.74 Å². The van der Waals surface area contributed by atoms with Crippen molar-refractivity contribution in [3.8, 4) is 0 Å². The van der Waals surface area contributed by atoms with Crippen LogP contribution >= 0.6 is 0 Å². The van der Waals surface area contributed by atoms with Gasteiger partial charge in [-0.05, 0) is 19.9 Å². The van der Waals surface area contributed by atoms with E-state index in [2.05, 4.69) is 18.8 Å². The van der Waals surface area contributed by atoms with E-state index in [1.54, 1.807) is 6.92 Å². The highest BCUT2D eigenvalue weighted by atomic mass is 16.5. The van der Waals surface area contributed by atoms with E-state index in [1.807, 2.05) is 0 Å². The standard InChI is InChI=1S/C11H21NO3/c1-4-6-12-8-10(13)5-7-15-11(14)9(2)3/h10,12-13H,2,4-8H2,1,3H3. The Hall–Kier alpha value is -0.870. The Morgan fingerprint density at radius 2 is 2.27 bits per heavy atom. The lowest BCUT2D eigenvalue weighted by Gasteiger charge is -2.11. The number of carbonyl (C=O) groups is 1. The molecule has 4 nitrogen and oxygen atoms in total. The van der Waals surface area contributed by atoms with E-state index in [1.165, 1.54) is 0 Å². The lowest BCUT2D eigenvalue weighted by molar-refractivity contribution is -0.139. The van der Waals surface area contributed by atoms with Crippen molar-refractivity contribution in [3.05, 3.63) is 12.2 Å². The average molecular weight is 215 g/mol. The summed E-state index contributed by atoms with van der Waals surface area (Å²) >= 11 is 0. The molecule has 1 atom stereocenters. The maximum absolute atomic E-state index is 11.0. The third kappa shape index (κ3) is 8.15. The number of hydrogen-bond donors (Lipinski definition) is 2. The van der Waals surface area contributed by atoms with Gasteiger partial charge in [0.05, 0.1) is 12.7 Å². The van der Waals surface area contributed by atoms with Gasteiger partial charge in [-0.15, -0.1) is 0 Å². The van der Waals surface area contributed by atoms with Crippen LogP contribution in [0.1, 0.15) is 26.7 Å². The van der Waals surface area contributed by atoms with E-state index in [9.17, 15) is 9.90 Å². The van der Waals surface area contributed by atoms with Crippen LogP contribution < -0.4 is 5.32 Å². The summed E-state index contributed by atoms with van der Waals surface area (Å²) < 4.78 is 4.85. The molecule has 4 heteroatoms. The van der Waals surface area contributed by atoms with Gasteiger partial charge in [0.2, 0.25) is 0 Å². The minimum atomic E-state index is -0.463. The minimum absolute atomic E-state index is 0.237. The number of carbonyl (C=O) groups excluding carboxylic acids is 1. The summed E-state index contributed by atoms with van der Waals surface area (Å²) in [6, 6.07) is 0. The Bertz CT molecular complexity index is 204. The molecule has 2 N–H and O–H groups in total. The zero-order chi connectivity index (χ0) is 11.7. The highest BCUT2D eigenvalue weighted by Gasteiger charge is 2.06. The Labute approximate surface area is 91.3 Å². The van der Waals surface area contributed by atoms with Crippen molar-refractivity contribution in [1.29, 1.82) is 0 Å². The van der Waals surface area contributed by atoms with Crippen molar-refractivity contribution in [2.45, 2.75) is 32.8 Å². The van der Waals surface area contributed by atoms with Gasteiger partial charge in [-0.3, -0.25) is 0 Å². The number of ether oxygens (including phenoxy) is 1. The van der Waals surface area contributed by atoms with Crippen molar-refractivity contribution >= 4 is 5.97 Å². The molecule has 0 aliphatic rings. The van der Waals surface area contributed by atoms with Crippen molar-refractivity contribution in [2.75, 3.05) is 19.7 Å². The third-order valence-corrected chi connectivity index (χ3v) is 1.84. The van der Waals surface area contributed by atoms with Gasteiger partial charge in [0, 0.05) is 18.5 Å². The number of nitrogens with one attached hydrogen (secondary N) is 1. The van der Waals surface area contributed by atoms with Crippen LogP contribution in [0.2, 0.25) is 0 Å². The van der Waals surface area contributed by atoms with E-state index >= 15 is 0 Å². The molecule has 0 saturated carbocycles. The molecule has 0 saturated heterocycles. The first-order chi connectivity index (χ1) is 7.07. The summed E-state index contributed by atoms with van der Waals surface area (Å²) in [6.07, 6.45) is 1.03. The van der Waals surface area contributed by atoms with Crippen LogP contribution in [0, 0.1) is 0 Å². The molecule has 0 aromatic carbocycles. The largest absolute Gasteiger partial charge is 0.462 e. The predicted octanol–water partition coefficient (Wildman–Crippen LogP) is 0.856. The lowest BCUT2D eigenvalue weighted by atomic mass is 10.2. The summed E-state index contributed by atoms with van der Waals surface area (Å²) in [6.45, 7) is 8.79. The second-order valence-corrected chi connectivity index (χ2v) is 3.56. The Morgan fingerprint density at radius 1 is 1.60 bits per heavy atom. The molecule has 0 fully saturated rings. The van der Waals surface area contributed by atoms with Crippen LogP contribution in [-0.2, 0) is 9.53 Å². The number of esters is 1. The molecule has 0 aromatic rings. The molecular formula is C11H21NO3. The van der Waals surface area contributed by atoms with Crippen LogP contribution in [0.15, 0.2) is 12.2 Å². The zero-order valence-corrected chi connectivity index (χ0v) is 9.58. The van der Waals surface area contributed by atoms with Crippen molar-refractivity contribution < 1.29 is 14.6 Å². The van der Waals surface area contributed by atoms with Crippen LogP contribution in [-0.4, -0.2) is 36.9 Å². The first kappa shape index (κ1) is 14.1. The van der Waals surface area contributed by atoms with Crippen LogP contribution in [0.4, 0.5) is 0 Å². The molecular weight excluding hydrogens is 194 g/mol. The number of aliphatic hydroxyl groups is 1. The van der Waals surface area contributed by atoms with Crippen molar-refractivity contribution in [2.24, 2.45) is 0 Å². The molecule has 0 amide bonds. The van der Waals surface area contributed by atoms with Gasteiger partial charge in [-0.1, -0.05) is 13.5 Å². The average Bonchev–Trinajstić information content (AvgIpc) is 2.18. The Morgan fingerprint density at radius 3 is 2.80 bits per heavy atom. The topological polar surface area (TPSA) is 58.6 Å². The van der Waals surface area contributed by atoms with Crippen LogP contribution in [0.5, 0.6) is 0 Å². The maximum atomic E-state index is 11.0. The second-order valence-electron chi connectivity index (χ2n) is 3.56. The Kier molecular flexibility index (Phi) is 7.95. The summed E-state index contributed by atoms with van der Waals surface area (Å²) in [7, 11) is 0. The summed E-state index contributed by atoms with van der Waals surface area (Å²) in [5, 5.41) is 12.5. The number of rotatable bonds is 8. The number of hydrogen-bond acceptors (Lipinski definition) is 4. The molecule has 0 heterocycles. The highest BCUT2D eigenvalue weighted by molar-refractivity contribution is 5.86. The molecule has 0 spiro atoms. The van der Waals surface area contributed by atoms with Gasteiger partial charge in [0.1, 0.15) is 0 Å². The predicted molar refractivity (Wildman–Crippen MR) is 59.6 cm³/mol. The monoisotopic (exact) mass is 215 g/mol. The molecule has 0 rings (SSSR count). The second kappa shape index (κ2) is 8.44. The first-order valence-corrected chi connectivity index (χ1v) is 5.29. The van der Waals surface area contributed by atoms with Gasteiger partial charge in [-0.25, -0.2) is 4.79 Å². The first-order valence-electron chi connectivity index (χ1n) is 5.29. The van der Waals surface area contributed by atoms with Gasteiger partial charge in [0.25, 0.3) is 0 Å². The quantitative estimate of drug-likeness (QED) is 0.358. The fraction of sp³-hybridized carbons (Fsp3) is 0.727. The van der Waals surface area contributed by atoms with Gasteiger partial charge >= 0.3 is 5.97 Å². The van der Waals surface area contributed by atoms with Crippen LogP contribution in [0.3, 0.4) is 0 Å². The number of aliphatic hydroxyl groups excluding tert-OH is 1. The van der Waals surface area contributed by atoms with E-state index in [0.29, 0.717) is 18.5 Å². The van der Waals surface area contributed by atoms with E-state index in [0.717, 1.165) is 13.0 Å². The smallest absolute Gasteiger partial charge is 0.333 e. The molecule has 15 heavy (non-hydrogen) atoms. The normalized spacial score (nSPS) is 12.2. The van der Waals surface area contributed by atoms with Crippen LogP contribution in [0.25, 0.3) is 0 Å². The Balaban J connectivity index is 3.42. The van der Waals surface area contributed by atoms with Gasteiger partial charge in [0.15, 0.2) is 0 Å². The lowest BCUT2D eigenvalue weighted by Crippen LogP contribution is -2.28. The van der Waals surface area contributed by atoms with Crippen molar-refractivity contribution in [3.63, 3.8) is 0 Å². The zero-order valence-electron chi connectivity index (χ0n) is 9.58. The SMILES string of the molecule is C=C(C)C(=O)OCCC(O)CNCCC. The van der Waals surface area contributed by atoms with Crippen molar-refractivity contribution in [1.82, 2.24) is 5.32 Å². The van der Waals surface area contributed by atoms with Gasteiger partial charge < -0.3 is 15.2 Å². The van der Waals surface area contributed by atoms with E-state index < -0.39 is 12.1 Å². The molecule has 1 unspecified atom stereocenters. The molecule has 88 valence electrons. The fourth-order valence-electron chi connectivity index (χ4n) is 0.958.